The Morgan fingerprint density at radius 2 is 1.96 bits per heavy atom. The zero-order valence-electron chi connectivity index (χ0n) is 16.4. The molecule has 28 heavy (non-hydrogen) atoms. The van der Waals surface area contributed by atoms with Crippen LogP contribution in [-0.4, -0.2) is 35.4 Å². The molecule has 1 saturated carbocycles. The molecule has 4 rings (SSSR count). The molecule has 2 fully saturated rings. The summed E-state index contributed by atoms with van der Waals surface area (Å²) >= 11 is 0. The number of halogens is 2. The highest BCUT2D eigenvalue weighted by Crippen LogP contribution is 2.38. The van der Waals surface area contributed by atoms with E-state index in [1.165, 1.54) is 0 Å². The molecule has 7 nitrogen and oxygen atoms in total. The molecule has 2 heterocycles. The minimum Gasteiger partial charge on any atom is -0.369 e. The number of hydrogen-bond donors (Lipinski definition) is 2. The number of rotatable bonds is 4. The zero-order valence-corrected chi connectivity index (χ0v) is 17.2. The van der Waals surface area contributed by atoms with Crippen molar-refractivity contribution in [3.63, 3.8) is 0 Å². The molecular formula is C19H27ClFN5O2. The quantitative estimate of drug-likeness (QED) is 0.745. The van der Waals surface area contributed by atoms with E-state index in [9.17, 15) is 9.59 Å². The van der Waals surface area contributed by atoms with Crippen molar-refractivity contribution in [1.29, 1.82) is 0 Å². The average Bonchev–Trinajstić information content (AvgIpc) is 3.37. The maximum absolute atomic E-state index is 15.2. The van der Waals surface area contributed by atoms with Crippen molar-refractivity contribution in [2.45, 2.75) is 45.2 Å². The lowest BCUT2D eigenvalue weighted by molar-refractivity contribution is 0.428. The number of anilines is 1. The van der Waals surface area contributed by atoms with Gasteiger partial charge in [-0.25, -0.2) is 9.18 Å². The monoisotopic (exact) mass is 411 g/mol. The number of nitrogens with zero attached hydrogens (tertiary/aromatic N) is 3. The predicted octanol–water partition coefficient (Wildman–Crippen LogP) is 1.52. The van der Waals surface area contributed by atoms with E-state index < -0.39 is 17.1 Å². The molecule has 0 bridgehead atoms. The molecule has 1 unspecified atom stereocenters. The van der Waals surface area contributed by atoms with Gasteiger partial charge in [0.15, 0.2) is 0 Å². The van der Waals surface area contributed by atoms with Crippen LogP contribution in [-0.2, 0) is 0 Å². The lowest BCUT2D eigenvalue weighted by Crippen LogP contribution is -2.44. The third-order valence-electron chi connectivity index (χ3n) is 6.20. The largest absolute Gasteiger partial charge is 0.369 e. The number of fused-ring (bicyclic) bond motifs is 1. The fourth-order valence-electron chi connectivity index (χ4n) is 4.21. The smallest absolute Gasteiger partial charge is 0.350 e. The summed E-state index contributed by atoms with van der Waals surface area (Å²) in [6.07, 6.45) is 2.70. The summed E-state index contributed by atoms with van der Waals surface area (Å²) in [6, 6.07) is 2.04. The van der Waals surface area contributed by atoms with E-state index in [4.69, 9.17) is 5.84 Å². The van der Waals surface area contributed by atoms with E-state index >= 15 is 4.39 Å². The van der Waals surface area contributed by atoms with Crippen LogP contribution in [0, 0.1) is 18.7 Å². The Kier molecular flexibility index (Phi) is 5.46. The average molecular weight is 412 g/mol. The Morgan fingerprint density at radius 3 is 2.57 bits per heavy atom. The normalized spacial score (nSPS) is 20.4. The summed E-state index contributed by atoms with van der Waals surface area (Å²) in [5.41, 5.74) is 0.0428. The lowest BCUT2D eigenvalue weighted by Gasteiger charge is -2.24. The van der Waals surface area contributed by atoms with E-state index in [0.29, 0.717) is 27.8 Å². The molecule has 9 heteroatoms. The van der Waals surface area contributed by atoms with Gasteiger partial charge >= 0.3 is 5.69 Å². The molecule has 0 amide bonds. The molecular weight excluding hydrogens is 385 g/mol. The van der Waals surface area contributed by atoms with Crippen LogP contribution >= 0.6 is 12.4 Å². The molecule has 154 valence electrons. The fourth-order valence-corrected chi connectivity index (χ4v) is 4.21. The number of nitrogens with one attached hydrogen (secondary N) is 1. The Hall–Kier alpha value is -2.06. The minimum absolute atomic E-state index is 0. The maximum Gasteiger partial charge on any atom is 0.350 e. The van der Waals surface area contributed by atoms with Gasteiger partial charge in [0.1, 0.15) is 5.82 Å². The van der Waals surface area contributed by atoms with Crippen LogP contribution in [0.1, 0.15) is 37.8 Å². The van der Waals surface area contributed by atoms with Gasteiger partial charge in [0.2, 0.25) is 0 Å². The van der Waals surface area contributed by atoms with Crippen LogP contribution in [0.3, 0.4) is 0 Å². The summed E-state index contributed by atoms with van der Waals surface area (Å²) in [5.74, 6) is 5.71. The lowest BCUT2D eigenvalue weighted by atomic mass is 10.0. The van der Waals surface area contributed by atoms with Crippen LogP contribution in [0.15, 0.2) is 15.7 Å². The molecule has 2 aromatic rings. The second kappa shape index (κ2) is 7.40. The number of benzene rings is 1. The van der Waals surface area contributed by atoms with Crippen LogP contribution in [0.2, 0.25) is 0 Å². The summed E-state index contributed by atoms with van der Waals surface area (Å²) < 4.78 is 17.4. The van der Waals surface area contributed by atoms with Crippen LogP contribution in [0.25, 0.3) is 10.9 Å². The first-order valence-corrected chi connectivity index (χ1v) is 9.52. The van der Waals surface area contributed by atoms with Crippen molar-refractivity contribution in [3.8, 4) is 0 Å². The minimum atomic E-state index is -0.641. The number of aromatic nitrogens is 2. The Bertz CT molecular complexity index is 1030. The van der Waals surface area contributed by atoms with Gasteiger partial charge < -0.3 is 16.1 Å². The van der Waals surface area contributed by atoms with Crippen molar-refractivity contribution in [3.05, 3.63) is 38.3 Å². The maximum atomic E-state index is 15.2. The third-order valence-corrected chi connectivity index (χ3v) is 6.20. The first kappa shape index (κ1) is 20.7. The van der Waals surface area contributed by atoms with E-state index in [0.717, 1.165) is 32.4 Å². The molecule has 0 radical (unpaired) electrons. The summed E-state index contributed by atoms with van der Waals surface area (Å²) in [5, 5.41) is 3.46. The van der Waals surface area contributed by atoms with Gasteiger partial charge in [-0.05, 0) is 52.1 Å². The molecule has 0 spiro atoms. The van der Waals surface area contributed by atoms with Gasteiger partial charge in [0.25, 0.3) is 5.56 Å². The van der Waals surface area contributed by atoms with Gasteiger partial charge in [0.05, 0.1) is 16.6 Å². The highest BCUT2D eigenvalue weighted by atomic mass is 35.5. The second-order valence-corrected chi connectivity index (χ2v) is 7.86. The van der Waals surface area contributed by atoms with E-state index in [1.807, 2.05) is 11.9 Å². The molecule has 1 aliphatic carbocycles. The zero-order chi connectivity index (χ0) is 19.5. The predicted molar refractivity (Wildman–Crippen MR) is 112 cm³/mol. The first-order valence-electron chi connectivity index (χ1n) is 9.52. The van der Waals surface area contributed by atoms with Crippen LogP contribution < -0.4 is 27.3 Å². The van der Waals surface area contributed by atoms with Crippen molar-refractivity contribution >= 4 is 29.0 Å². The summed E-state index contributed by atoms with van der Waals surface area (Å²) in [6.45, 7) is 5.21. The second-order valence-electron chi connectivity index (χ2n) is 7.86. The molecule has 1 aliphatic heterocycles. The molecule has 1 aromatic heterocycles. The van der Waals surface area contributed by atoms with Gasteiger partial charge in [-0.2, -0.15) is 4.68 Å². The van der Waals surface area contributed by atoms with Crippen LogP contribution in [0.4, 0.5) is 10.1 Å². The van der Waals surface area contributed by atoms with Crippen molar-refractivity contribution < 1.29 is 4.39 Å². The van der Waals surface area contributed by atoms with E-state index in [-0.39, 0.29) is 29.4 Å². The van der Waals surface area contributed by atoms with Crippen LogP contribution in [0.5, 0.6) is 0 Å². The standard InChI is InChI=1S/C19H26FN5O2.ClH/c1-10-16-14(24(13-4-5-13)19(27)25(21)18(16)26)8-15(17(10)20)23-7-6-12(9-23)11(2)22-3;/h8,11-13,22H,4-7,9,21H2,1-3H3;1H/t11-,12?;/m0./s1. The molecule has 1 aromatic carbocycles. The van der Waals surface area contributed by atoms with Crippen molar-refractivity contribution in [2.75, 3.05) is 30.9 Å². The van der Waals surface area contributed by atoms with Gasteiger partial charge in [-0.3, -0.25) is 9.36 Å². The SMILES string of the molecule is CN[C@@H](C)C1CCN(c2cc3c(c(C)c2F)c(=O)n(N)c(=O)n3C2CC2)C1.Cl. The van der Waals surface area contributed by atoms with Gasteiger partial charge in [0, 0.05) is 30.7 Å². The number of hydrogen-bond acceptors (Lipinski definition) is 5. The van der Waals surface area contributed by atoms with Gasteiger partial charge in [-0.15, -0.1) is 12.4 Å². The van der Waals surface area contributed by atoms with E-state index in [2.05, 4.69) is 12.2 Å². The Labute approximate surface area is 168 Å². The van der Waals surface area contributed by atoms with Crippen molar-refractivity contribution in [2.24, 2.45) is 5.92 Å². The summed E-state index contributed by atoms with van der Waals surface area (Å²) in [7, 11) is 1.93. The van der Waals surface area contributed by atoms with E-state index in [1.54, 1.807) is 17.6 Å². The Balaban J connectivity index is 0.00000225. The highest BCUT2D eigenvalue weighted by Gasteiger charge is 2.32. The number of nitrogen functional groups attached to an aromatic ring is 1. The van der Waals surface area contributed by atoms with Crippen molar-refractivity contribution in [1.82, 2.24) is 14.6 Å². The molecule has 3 N–H and O–H groups in total. The number of aryl methyl sites for hydroxylation is 1. The number of nitrogens with two attached hydrogens (primary N) is 1. The fraction of sp³-hybridized carbons (Fsp3) is 0.579. The molecule has 2 atom stereocenters. The topological polar surface area (TPSA) is 85.3 Å². The third kappa shape index (κ3) is 3.08. The molecule has 2 aliphatic rings. The molecule has 1 saturated heterocycles. The highest BCUT2D eigenvalue weighted by molar-refractivity contribution is 5.86. The van der Waals surface area contributed by atoms with Gasteiger partial charge in [-0.1, -0.05) is 0 Å². The first-order chi connectivity index (χ1) is 12.8. The summed E-state index contributed by atoms with van der Waals surface area (Å²) in [4.78, 5) is 27.2. The Morgan fingerprint density at radius 1 is 1.29 bits per heavy atom.